The molecule has 1 atom stereocenters. The van der Waals surface area contributed by atoms with E-state index in [-0.39, 0.29) is 11.9 Å². The van der Waals surface area contributed by atoms with Crippen LogP contribution in [0.25, 0.3) is 0 Å². The third-order valence-electron chi connectivity index (χ3n) is 3.29. The van der Waals surface area contributed by atoms with Gasteiger partial charge in [0.1, 0.15) is 0 Å². The van der Waals surface area contributed by atoms with Crippen molar-refractivity contribution >= 4 is 5.97 Å². The number of likely N-dealkylation sites (tertiary alicyclic amines) is 1. The summed E-state index contributed by atoms with van der Waals surface area (Å²) in [6.45, 7) is 4.58. The van der Waals surface area contributed by atoms with Crippen molar-refractivity contribution < 1.29 is 9.53 Å². The van der Waals surface area contributed by atoms with E-state index in [0.29, 0.717) is 0 Å². The first-order chi connectivity index (χ1) is 8.10. The summed E-state index contributed by atoms with van der Waals surface area (Å²) in [4.78, 5) is 13.7. The summed E-state index contributed by atoms with van der Waals surface area (Å²) in [5, 5.41) is 4.32. The van der Waals surface area contributed by atoms with Crippen molar-refractivity contribution in [3.8, 4) is 0 Å². The van der Waals surface area contributed by atoms with Gasteiger partial charge in [-0.25, -0.2) is 0 Å². The highest BCUT2D eigenvalue weighted by atomic mass is 16.5. The van der Waals surface area contributed by atoms with Gasteiger partial charge in [0.05, 0.1) is 24.4 Å². The van der Waals surface area contributed by atoms with Gasteiger partial charge in [-0.3, -0.25) is 14.4 Å². The van der Waals surface area contributed by atoms with E-state index < -0.39 is 0 Å². The number of carbonyl (C=O) groups excluding carboxylic acids is 1. The number of aromatic nitrogens is 2. The number of esters is 1. The Morgan fingerprint density at radius 1 is 1.65 bits per heavy atom. The number of methoxy groups -OCH3 is 1. The molecule has 1 aromatic rings. The van der Waals surface area contributed by atoms with Crippen LogP contribution < -0.4 is 0 Å². The van der Waals surface area contributed by atoms with E-state index in [9.17, 15) is 4.79 Å². The summed E-state index contributed by atoms with van der Waals surface area (Å²) in [5.74, 6) is -0.0528. The molecule has 17 heavy (non-hydrogen) atoms. The molecule has 1 saturated heterocycles. The van der Waals surface area contributed by atoms with Crippen LogP contribution in [0.3, 0.4) is 0 Å². The van der Waals surface area contributed by atoms with Gasteiger partial charge in [0.2, 0.25) is 0 Å². The molecule has 2 heterocycles. The number of ether oxygens (including phenoxy) is 1. The van der Waals surface area contributed by atoms with Gasteiger partial charge in [-0.15, -0.1) is 0 Å². The zero-order chi connectivity index (χ0) is 12.4. The van der Waals surface area contributed by atoms with E-state index in [4.69, 9.17) is 4.74 Å². The van der Waals surface area contributed by atoms with Crippen LogP contribution in [0.2, 0.25) is 0 Å². The Kier molecular flexibility index (Phi) is 3.47. The SMILES string of the molecule is COC(=O)C1CCN(Cc2cc(C)nn2C)C1. The highest BCUT2D eigenvalue weighted by molar-refractivity contribution is 5.72. The number of hydrogen-bond donors (Lipinski definition) is 0. The normalized spacial score (nSPS) is 20.8. The zero-order valence-electron chi connectivity index (χ0n) is 10.6. The first-order valence-electron chi connectivity index (χ1n) is 5.90. The lowest BCUT2D eigenvalue weighted by Gasteiger charge is -2.15. The van der Waals surface area contributed by atoms with E-state index >= 15 is 0 Å². The molecule has 0 amide bonds. The number of hydrogen-bond acceptors (Lipinski definition) is 4. The second-order valence-corrected chi connectivity index (χ2v) is 4.64. The molecule has 1 fully saturated rings. The minimum absolute atomic E-state index is 0.0364. The molecule has 1 aliphatic rings. The van der Waals surface area contributed by atoms with Gasteiger partial charge >= 0.3 is 5.97 Å². The topological polar surface area (TPSA) is 47.4 Å². The van der Waals surface area contributed by atoms with Crippen LogP contribution >= 0.6 is 0 Å². The summed E-state index contributed by atoms with van der Waals surface area (Å²) in [5.41, 5.74) is 2.22. The molecule has 5 heteroatoms. The molecule has 0 radical (unpaired) electrons. The van der Waals surface area contributed by atoms with Crippen LogP contribution in [0.4, 0.5) is 0 Å². The Bertz CT molecular complexity index is 414. The predicted molar refractivity (Wildman–Crippen MR) is 63.3 cm³/mol. The Labute approximate surface area is 101 Å². The molecule has 94 valence electrons. The summed E-state index contributed by atoms with van der Waals surface area (Å²) >= 11 is 0. The average molecular weight is 237 g/mol. The van der Waals surface area contributed by atoms with Gasteiger partial charge < -0.3 is 4.74 Å². The van der Waals surface area contributed by atoms with E-state index in [2.05, 4.69) is 16.1 Å². The Morgan fingerprint density at radius 2 is 2.41 bits per heavy atom. The lowest BCUT2D eigenvalue weighted by atomic mass is 10.1. The molecule has 5 nitrogen and oxygen atoms in total. The fraction of sp³-hybridized carbons (Fsp3) is 0.667. The van der Waals surface area contributed by atoms with Crippen molar-refractivity contribution in [1.29, 1.82) is 0 Å². The van der Waals surface area contributed by atoms with Crippen molar-refractivity contribution in [1.82, 2.24) is 14.7 Å². The first-order valence-corrected chi connectivity index (χ1v) is 5.90. The van der Waals surface area contributed by atoms with Crippen molar-refractivity contribution in [3.63, 3.8) is 0 Å². The minimum Gasteiger partial charge on any atom is -0.469 e. The van der Waals surface area contributed by atoms with Gasteiger partial charge in [0.15, 0.2) is 0 Å². The van der Waals surface area contributed by atoms with Crippen LogP contribution in [0, 0.1) is 12.8 Å². The van der Waals surface area contributed by atoms with Crippen LogP contribution in [-0.2, 0) is 23.1 Å². The second-order valence-electron chi connectivity index (χ2n) is 4.64. The molecular formula is C12H19N3O2. The van der Waals surface area contributed by atoms with Gasteiger partial charge in [0.25, 0.3) is 0 Å². The van der Waals surface area contributed by atoms with E-state index in [1.807, 2.05) is 18.7 Å². The second kappa shape index (κ2) is 4.87. The smallest absolute Gasteiger partial charge is 0.310 e. The molecular weight excluding hydrogens is 218 g/mol. The van der Waals surface area contributed by atoms with E-state index in [1.165, 1.54) is 12.8 Å². The van der Waals surface area contributed by atoms with Crippen LogP contribution in [0.1, 0.15) is 17.8 Å². The minimum atomic E-state index is -0.0892. The highest BCUT2D eigenvalue weighted by Crippen LogP contribution is 2.19. The Hall–Kier alpha value is -1.36. The largest absolute Gasteiger partial charge is 0.469 e. The number of nitrogens with zero attached hydrogens (tertiary/aromatic N) is 3. The molecule has 0 aliphatic carbocycles. The first kappa shape index (κ1) is 12.1. The van der Waals surface area contributed by atoms with Crippen molar-refractivity contribution in [2.75, 3.05) is 20.2 Å². The van der Waals surface area contributed by atoms with Gasteiger partial charge in [-0.2, -0.15) is 5.10 Å². The van der Waals surface area contributed by atoms with Crippen molar-refractivity contribution in [2.24, 2.45) is 13.0 Å². The molecule has 0 bridgehead atoms. The van der Waals surface area contributed by atoms with Crippen molar-refractivity contribution in [2.45, 2.75) is 19.9 Å². The molecule has 1 aromatic heterocycles. The quantitative estimate of drug-likeness (QED) is 0.727. The fourth-order valence-corrected chi connectivity index (χ4v) is 2.38. The monoisotopic (exact) mass is 237 g/mol. The lowest BCUT2D eigenvalue weighted by molar-refractivity contribution is -0.144. The Morgan fingerprint density at radius 3 is 3.00 bits per heavy atom. The summed E-state index contributed by atoms with van der Waals surface area (Å²) < 4.78 is 6.68. The molecule has 0 N–H and O–H groups in total. The molecule has 0 spiro atoms. The standard InChI is InChI=1S/C12H19N3O2/c1-9-6-11(14(2)13-9)8-15-5-4-10(7-15)12(16)17-3/h6,10H,4-5,7-8H2,1-3H3. The van der Waals surface area contributed by atoms with Crippen LogP contribution in [0.15, 0.2) is 6.07 Å². The van der Waals surface area contributed by atoms with E-state index in [1.54, 1.807) is 0 Å². The summed E-state index contributed by atoms with van der Waals surface area (Å²) in [7, 11) is 3.41. The molecule has 0 aromatic carbocycles. The maximum atomic E-state index is 11.4. The third-order valence-corrected chi connectivity index (χ3v) is 3.29. The Balaban J connectivity index is 1.94. The third kappa shape index (κ3) is 2.66. The number of carbonyl (C=O) groups is 1. The maximum Gasteiger partial charge on any atom is 0.310 e. The van der Waals surface area contributed by atoms with Crippen LogP contribution in [-0.4, -0.2) is 40.8 Å². The summed E-state index contributed by atoms with van der Waals surface area (Å²) in [6.07, 6.45) is 0.892. The average Bonchev–Trinajstić information content (AvgIpc) is 2.86. The van der Waals surface area contributed by atoms with Gasteiger partial charge in [-0.1, -0.05) is 0 Å². The van der Waals surface area contributed by atoms with Gasteiger partial charge in [-0.05, 0) is 26.0 Å². The predicted octanol–water partition coefficient (Wildman–Crippen LogP) is 0.723. The molecule has 1 unspecified atom stereocenters. The van der Waals surface area contributed by atoms with Gasteiger partial charge in [0, 0.05) is 20.1 Å². The van der Waals surface area contributed by atoms with E-state index in [0.717, 1.165) is 31.7 Å². The lowest BCUT2D eigenvalue weighted by Crippen LogP contribution is -2.24. The van der Waals surface area contributed by atoms with Crippen LogP contribution in [0.5, 0.6) is 0 Å². The molecule has 0 saturated carbocycles. The maximum absolute atomic E-state index is 11.4. The molecule has 1 aliphatic heterocycles. The summed E-state index contributed by atoms with van der Waals surface area (Å²) in [6, 6.07) is 2.09. The number of rotatable bonds is 3. The number of aryl methyl sites for hydroxylation is 2. The van der Waals surface area contributed by atoms with Crippen molar-refractivity contribution in [3.05, 3.63) is 17.5 Å². The fourth-order valence-electron chi connectivity index (χ4n) is 2.38. The zero-order valence-corrected chi connectivity index (χ0v) is 10.6. The highest BCUT2D eigenvalue weighted by Gasteiger charge is 2.29. The molecule has 2 rings (SSSR count).